The Morgan fingerprint density at radius 3 is 2.25 bits per heavy atom. The second-order valence-corrected chi connectivity index (χ2v) is 6.75. The zero-order valence-corrected chi connectivity index (χ0v) is 13.7. The molecule has 0 saturated heterocycles. The topological polar surface area (TPSA) is 125 Å². The number of sulfonamides is 1. The summed E-state index contributed by atoms with van der Waals surface area (Å²) >= 11 is 0. The molecule has 0 radical (unpaired) electrons. The van der Waals surface area contributed by atoms with Gasteiger partial charge in [0.15, 0.2) is 0 Å². The molecule has 0 aliphatic carbocycles. The van der Waals surface area contributed by atoms with E-state index in [1.807, 2.05) is 0 Å². The predicted molar refractivity (Wildman–Crippen MR) is 88.2 cm³/mol. The number of methoxy groups -OCH3 is 1. The van der Waals surface area contributed by atoms with Gasteiger partial charge in [-0.15, -0.1) is 0 Å². The highest BCUT2D eigenvalue weighted by molar-refractivity contribution is 7.89. The summed E-state index contributed by atoms with van der Waals surface area (Å²) in [5.74, 6) is 0.678. The molecule has 0 amide bonds. The number of hydrogen-bond donors (Lipinski definition) is 2. The molecule has 2 rings (SSSR count). The Balaban J connectivity index is 2.04. The van der Waals surface area contributed by atoms with Crippen LogP contribution in [0.15, 0.2) is 53.4 Å². The van der Waals surface area contributed by atoms with Crippen LogP contribution >= 0.6 is 0 Å². The predicted octanol–water partition coefficient (Wildman–Crippen LogP) is 1.58. The summed E-state index contributed by atoms with van der Waals surface area (Å²) in [6.07, 6.45) is 0. The summed E-state index contributed by atoms with van der Waals surface area (Å²) in [7, 11) is -2.25. The minimum absolute atomic E-state index is 0.00828. The van der Waals surface area contributed by atoms with Gasteiger partial charge in [0.2, 0.25) is 10.0 Å². The second-order valence-electron chi connectivity index (χ2n) is 4.98. The summed E-state index contributed by atoms with van der Waals surface area (Å²) in [6, 6.07) is 11.1. The molecule has 0 spiro atoms. The van der Waals surface area contributed by atoms with Crippen LogP contribution in [0.2, 0.25) is 0 Å². The molecule has 2 aromatic carbocycles. The van der Waals surface area contributed by atoms with E-state index in [-0.39, 0.29) is 17.1 Å². The van der Waals surface area contributed by atoms with Gasteiger partial charge in [-0.25, -0.2) is 13.1 Å². The Morgan fingerprint density at radius 1 is 1.17 bits per heavy atom. The highest BCUT2D eigenvalue weighted by atomic mass is 32.2. The summed E-state index contributed by atoms with van der Waals surface area (Å²) in [6.45, 7) is -0.00828. The van der Waals surface area contributed by atoms with Crippen molar-refractivity contribution in [3.63, 3.8) is 0 Å². The minimum Gasteiger partial charge on any atom is -0.497 e. The van der Waals surface area contributed by atoms with Crippen molar-refractivity contribution in [3.8, 4) is 5.75 Å². The summed E-state index contributed by atoms with van der Waals surface area (Å²) in [4.78, 5) is 9.94. The van der Waals surface area contributed by atoms with E-state index in [9.17, 15) is 18.5 Å². The third-order valence-corrected chi connectivity index (χ3v) is 4.83. The highest BCUT2D eigenvalue weighted by Crippen LogP contribution is 2.18. The van der Waals surface area contributed by atoms with E-state index in [1.165, 1.54) is 12.1 Å². The smallest absolute Gasteiger partial charge is 0.269 e. The number of nitro groups is 1. The van der Waals surface area contributed by atoms with Gasteiger partial charge in [0.25, 0.3) is 5.69 Å². The molecule has 0 heterocycles. The van der Waals surface area contributed by atoms with Gasteiger partial charge >= 0.3 is 0 Å². The summed E-state index contributed by atoms with van der Waals surface area (Å²) < 4.78 is 31.8. The van der Waals surface area contributed by atoms with Crippen molar-refractivity contribution in [1.82, 2.24) is 4.72 Å². The maximum Gasteiger partial charge on any atom is 0.269 e. The average molecular weight is 351 g/mol. The lowest BCUT2D eigenvalue weighted by atomic mass is 10.1. The van der Waals surface area contributed by atoms with Crippen LogP contribution in [0.25, 0.3) is 0 Å². The molecule has 0 aromatic heterocycles. The van der Waals surface area contributed by atoms with Crippen LogP contribution in [0.4, 0.5) is 5.69 Å². The van der Waals surface area contributed by atoms with Crippen molar-refractivity contribution in [1.29, 1.82) is 0 Å². The third kappa shape index (κ3) is 4.28. The van der Waals surface area contributed by atoms with Crippen LogP contribution in [-0.4, -0.2) is 27.0 Å². The molecule has 0 aliphatic rings. The first-order valence-corrected chi connectivity index (χ1v) is 8.45. The van der Waals surface area contributed by atoms with E-state index in [0.29, 0.717) is 5.75 Å². The normalized spacial score (nSPS) is 12.6. The van der Waals surface area contributed by atoms with Crippen molar-refractivity contribution >= 4 is 15.7 Å². The molecule has 8 nitrogen and oxygen atoms in total. The lowest BCUT2D eigenvalue weighted by Gasteiger charge is -2.14. The Bertz CT molecular complexity index is 804. The number of nitrogens with one attached hydrogen (secondary N) is 1. The molecular weight excluding hydrogens is 334 g/mol. The fourth-order valence-corrected chi connectivity index (χ4v) is 3.06. The van der Waals surface area contributed by atoms with E-state index >= 15 is 0 Å². The Morgan fingerprint density at radius 2 is 1.75 bits per heavy atom. The fraction of sp³-hybridized carbons (Fsp3) is 0.200. The van der Waals surface area contributed by atoms with Crippen molar-refractivity contribution in [2.24, 2.45) is 5.73 Å². The van der Waals surface area contributed by atoms with Crippen LogP contribution in [0, 0.1) is 10.1 Å². The van der Waals surface area contributed by atoms with Gasteiger partial charge in [0.1, 0.15) is 5.75 Å². The molecule has 0 bridgehead atoms. The first-order valence-electron chi connectivity index (χ1n) is 6.97. The number of non-ortho nitro benzene ring substituents is 1. The molecule has 1 atom stereocenters. The average Bonchev–Trinajstić information content (AvgIpc) is 2.60. The Hall–Kier alpha value is -2.49. The molecule has 128 valence electrons. The molecule has 3 N–H and O–H groups in total. The van der Waals surface area contributed by atoms with Crippen LogP contribution in [0.5, 0.6) is 5.75 Å². The van der Waals surface area contributed by atoms with Gasteiger partial charge in [-0.05, 0) is 29.8 Å². The number of ether oxygens (including phenoxy) is 1. The zero-order chi connectivity index (χ0) is 17.7. The SMILES string of the molecule is COc1ccc(C(N)CNS(=O)(=O)c2ccc([N+](=O)[O-])cc2)cc1. The van der Waals surface area contributed by atoms with Crippen LogP contribution < -0.4 is 15.2 Å². The quantitative estimate of drug-likeness (QED) is 0.576. The highest BCUT2D eigenvalue weighted by Gasteiger charge is 2.17. The van der Waals surface area contributed by atoms with Crippen molar-refractivity contribution < 1.29 is 18.1 Å². The first kappa shape index (κ1) is 17.9. The fourth-order valence-electron chi connectivity index (χ4n) is 2.00. The van der Waals surface area contributed by atoms with Gasteiger partial charge in [-0.2, -0.15) is 0 Å². The Kier molecular flexibility index (Phi) is 5.50. The van der Waals surface area contributed by atoms with Gasteiger partial charge in [-0.3, -0.25) is 10.1 Å². The number of benzene rings is 2. The van der Waals surface area contributed by atoms with Crippen LogP contribution in [-0.2, 0) is 10.0 Å². The first-order chi connectivity index (χ1) is 11.3. The maximum absolute atomic E-state index is 12.2. The van der Waals surface area contributed by atoms with Crippen LogP contribution in [0.3, 0.4) is 0 Å². The van der Waals surface area contributed by atoms with Crippen molar-refractivity contribution in [3.05, 3.63) is 64.2 Å². The lowest BCUT2D eigenvalue weighted by Crippen LogP contribution is -2.31. The van der Waals surface area contributed by atoms with Crippen molar-refractivity contribution in [2.75, 3.05) is 13.7 Å². The standard InChI is InChI=1S/C15H17N3O5S/c1-23-13-6-2-11(3-7-13)15(16)10-17-24(21,22)14-8-4-12(5-9-14)18(19)20/h2-9,15,17H,10,16H2,1H3. The molecule has 0 saturated carbocycles. The molecule has 9 heteroatoms. The number of hydrogen-bond acceptors (Lipinski definition) is 6. The Labute approximate surface area is 139 Å². The van der Waals surface area contributed by atoms with Crippen LogP contribution in [0.1, 0.15) is 11.6 Å². The number of nitrogens with zero attached hydrogens (tertiary/aromatic N) is 1. The van der Waals surface area contributed by atoms with Gasteiger partial charge in [0, 0.05) is 24.7 Å². The van der Waals surface area contributed by atoms with E-state index in [0.717, 1.165) is 17.7 Å². The van der Waals surface area contributed by atoms with E-state index in [4.69, 9.17) is 10.5 Å². The molecule has 0 aliphatic heterocycles. The number of nitrogens with two attached hydrogens (primary N) is 1. The van der Waals surface area contributed by atoms with Gasteiger partial charge in [0.05, 0.1) is 16.9 Å². The van der Waals surface area contributed by atoms with E-state index in [1.54, 1.807) is 31.4 Å². The van der Waals surface area contributed by atoms with Gasteiger partial charge < -0.3 is 10.5 Å². The lowest BCUT2D eigenvalue weighted by molar-refractivity contribution is -0.384. The third-order valence-electron chi connectivity index (χ3n) is 3.40. The number of nitro benzene ring substituents is 1. The molecule has 1 unspecified atom stereocenters. The largest absolute Gasteiger partial charge is 0.497 e. The molecular formula is C15H17N3O5S. The van der Waals surface area contributed by atoms with E-state index in [2.05, 4.69) is 4.72 Å². The summed E-state index contributed by atoms with van der Waals surface area (Å²) in [5.41, 5.74) is 6.55. The van der Waals surface area contributed by atoms with E-state index < -0.39 is 21.0 Å². The van der Waals surface area contributed by atoms with Gasteiger partial charge in [-0.1, -0.05) is 12.1 Å². The zero-order valence-electron chi connectivity index (χ0n) is 12.9. The number of rotatable bonds is 7. The molecule has 2 aromatic rings. The van der Waals surface area contributed by atoms with Crippen molar-refractivity contribution in [2.45, 2.75) is 10.9 Å². The molecule has 0 fully saturated rings. The monoisotopic (exact) mass is 351 g/mol. The molecule has 24 heavy (non-hydrogen) atoms. The maximum atomic E-state index is 12.2. The minimum atomic E-state index is -3.80. The second kappa shape index (κ2) is 7.39. The summed E-state index contributed by atoms with van der Waals surface area (Å²) in [5, 5.41) is 10.6.